The van der Waals surface area contributed by atoms with Gasteiger partial charge in [0.05, 0.1) is 0 Å². The van der Waals surface area contributed by atoms with Crippen LogP contribution in [0.2, 0.25) is 0 Å². The molecule has 0 aromatic rings. The molecule has 0 fully saturated rings. The second kappa shape index (κ2) is 8.29. The van der Waals surface area contributed by atoms with Gasteiger partial charge in [-0.2, -0.15) is 0 Å². The molecule has 0 rings (SSSR count). The van der Waals surface area contributed by atoms with E-state index in [9.17, 15) is 0 Å². The van der Waals surface area contributed by atoms with E-state index in [1.807, 2.05) is 0 Å². The minimum atomic E-state index is -1.35. The molecular formula is C14H32IP. The van der Waals surface area contributed by atoms with Crippen molar-refractivity contribution in [3.63, 3.8) is 0 Å². The van der Waals surface area contributed by atoms with E-state index in [2.05, 4.69) is 49.7 Å². The molecule has 0 aliphatic rings. The van der Waals surface area contributed by atoms with Gasteiger partial charge < -0.3 is 0 Å². The minimum absolute atomic E-state index is 1.35. The first-order valence-electron chi connectivity index (χ1n) is 7.26. The van der Waals surface area contributed by atoms with Crippen molar-refractivity contribution in [1.82, 2.24) is 0 Å². The molecular weight excluding hydrogens is 326 g/mol. The van der Waals surface area contributed by atoms with Crippen LogP contribution in [0.3, 0.4) is 0 Å². The zero-order valence-electron chi connectivity index (χ0n) is 11.9. The Labute approximate surface area is 117 Å². The van der Waals surface area contributed by atoms with Crippen LogP contribution in [0.15, 0.2) is 0 Å². The van der Waals surface area contributed by atoms with E-state index in [-0.39, 0.29) is 0 Å². The summed E-state index contributed by atoms with van der Waals surface area (Å²) < 4.78 is -1.35. The van der Waals surface area contributed by atoms with Gasteiger partial charge in [0, 0.05) is 0 Å². The molecule has 0 spiro atoms. The van der Waals surface area contributed by atoms with E-state index in [0.29, 0.717) is 0 Å². The fraction of sp³-hybridized carbons (Fsp3) is 1.00. The third kappa shape index (κ3) is 5.67. The van der Waals surface area contributed by atoms with E-state index >= 15 is 0 Å². The molecule has 2 heteroatoms. The summed E-state index contributed by atoms with van der Waals surface area (Å²) in [6, 6.07) is 0. The van der Waals surface area contributed by atoms with Crippen molar-refractivity contribution in [2.75, 3.05) is 24.6 Å². The van der Waals surface area contributed by atoms with Crippen LogP contribution in [0.1, 0.15) is 66.2 Å². The maximum atomic E-state index is 2.99. The predicted molar refractivity (Wildman–Crippen MR) is 90.8 cm³/mol. The van der Waals surface area contributed by atoms with E-state index < -0.39 is 4.25 Å². The van der Waals surface area contributed by atoms with Gasteiger partial charge in [-0.25, -0.2) is 0 Å². The van der Waals surface area contributed by atoms with Crippen molar-refractivity contribution in [2.45, 2.75) is 66.2 Å². The van der Waals surface area contributed by atoms with Crippen molar-refractivity contribution < 1.29 is 0 Å². The Morgan fingerprint density at radius 3 is 1.25 bits per heavy atom. The molecule has 0 nitrogen and oxygen atoms in total. The number of rotatable bonds is 10. The monoisotopic (exact) mass is 358 g/mol. The van der Waals surface area contributed by atoms with Gasteiger partial charge in [0.15, 0.2) is 0 Å². The van der Waals surface area contributed by atoms with Crippen molar-refractivity contribution >= 4 is 26.3 Å². The standard InChI is InChI=1S/C14H32IP/c1-5-9-13-16(15,11-7-3,12-8-4)14-10-6-2/h5-14H2,1-4H3. The van der Waals surface area contributed by atoms with Gasteiger partial charge in [-0.05, 0) is 0 Å². The Morgan fingerprint density at radius 1 is 0.625 bits per heavy atom. The van der Waals surface area contributed by atoms with Crippen LogP contribution in [-0.4, -0.2) is 24.6 Å². The second-order valence-corrected chi connectivity index (χ2v) is 19.0. The molecule has 0 amide bonds. The first kappa shape index (κ1) is 17.2. The molecule has 0 bridgehead atoms. The van der Waals surface area contributed by atoms with Crippen LogP contribution < -0.4 is 0 Å². The van der Waals surface area contributed by atoms with Gasteiger partial charge in [0.25, 0.3) is 0 Å². The van der Waals surface area contributed by atoms with Crippen LogP contribution in [0.5, 0.6) is 0 Å². The Morgan fingerprint density at radius 2 is 1.00 bits per heavy atom. The molecule has 0 aliphatic carbocycles. The number of hydrogen-bond donors (Lipinski definition) is 0. The summed E-state index contributed by atoms with van der Waals surface area (Å²) in [6.07, 6.45) is 14.7. The van der Waals surface area contributed by atoms with Crippen molar-refractivity contribution in [2.24, 2.45) is 0 Å². The number of halogens is 1. The van der Waals surface area contributed by atoms with Crippen LogP contribution in [-0.2, 0) is 0 Å². The van der Waals surface area contributed by atoms with E-state index in [1.165, 1.54) is 38.5 Å². The molecule has 100 valence electrons. The van der Waals surface area contributed by atoms with E-state index in [1.54, 1.807) is 24.6 Å². The third-order valence-electron chi connectivity index (χ3n) is 3.71. The van der Waals surface area contributed by atoms with Gasteiger partial charge >= 0.3 is 117 Å². The molecule has 0 saturated carbocycles. The van der Waals surface area contributed by atoms with Gasteiger partial charge in [0.1, 0.15) is 0 Å². The average Bonchev–Trinajstić information content (AvgIpc) is 2.25. The van der Waals surface area contributed by atoms with Gasteiger partial charge in [-0.15, -0.1) is 0 Å². The van der Waals surface area contributed by atoms with Crippen LogP contribution in [0, 0.1) is 0 Å². The Balaban J connectivity index is 4.71. The van der Waals surface area contributed by atoms with Gasteiger partial charge in [-0.3, -0.25) is 0 Å². The summed E-state index contributed by atoms with van der Waals surface area (Å²) in [6.45, 7) is 9.45. The first-order chi connectivity index (χ1) is 7.54. The SMILES string of the molecule is CCCCP(I)(CCC)(CCC)CCCC. The summed E-state index contributed by atoms with van der Waals surface area (Å²) in [5.41, 5.74) is 0. The Hall–Kier alpha value is 1.16. The van der Waals surface area contributed by atoms with E-state index in [0.717, 1.165) is 0 Å². The van der Waals surface area contributed by atoms with Crippen molar-refractivity contribution in [1.29, 1.82) is 0 Å². The molecule has 16 heavy (non-hydrogen) atoms. The zero-order chi connectivity index (χ0) is 12.5. The molecule has 0 aromatic carbocycles. The van der Waals surface area contributed by atoms with Crippen LogP contribution in [0.4, 0.5) is 0 Å². The summed E-state index contributed by atoms with van der Waals surface area (Å²) in [7, 11) is 0. The summed E-state index contributed by atoms with van der Waals surface area (Å²) in [5, 5.41) is 0. The Kier molecular flexibility index (Phi) is 8.90. The van der Waals surface area contributed by atoms with Crippen LogP contribution >= 0.6 is 26.3 Å². The zero-order valence-corrected chi connectivity index (χ0v) is 14.9. The predicted octanol–water partition coefficient (Wildman–Crippen LogP) is 6.31. The molecule has 0 saturated heterocycles. The Bertz CT molecular complexity index is 162. The molecule has 0 aromatic heterocycles. The summed E-state index contributed by atoms with van der Waals surface area (Å²) in [4.78, 5) is 0. The summed E-state index contributed by atoms with van der Waals surface area (Å²) in [5.74, 6) is 0. The van der Waals surface area contributed by atoms with Gasteiger partial charge in [-0.1, -0.05) is 0 Å². The summed E-state index contributed by atoms with van der Waals surface area (Å²) >= 11 is 2.99. The fourth-order valence-electron chi connectivity index (χ4n) is 2.90. The van der Waals surface area contributed by atoms with Crippen molar-refractivity contribution in [3.8, 4) is 0 Å². The van der Waals surface area contributed by atoms with E-state index in [4.69, 9.17) is 0 Å². The average molecular weight is 358 g/mol. The topological polar surface area (TPSA) is 0 Å². The molecule has 0 heterocycles. The fourth-order valence-corrected chi connectivity index (χ4v) is 13.6. The van der Waals surface area contributed by atoms with Gasteiger partial charge in [0.2, 0.25) is 0 Å². The molecule has 0 radical (unpaired) electrons. The number of unbranched alkanes of at least 4 members (excludes halogenated alkanes) is 2. The molecule has 0 atom stereocenters. The van der Waals surface area contributed by atoms with Crippen molar-refractivity contribution in [3.05, 3.63) is 0 Å². The first-order valence-corrected chi connectivity index (χ1v) is 13.0. The molecule has 0 aliphatic heterocycles. The maximum absolute atomic E-state index is 2.99. The molecule has 0 unspecified atom stereocenters. The molecule has 0 N–H and O–H groups in total. The van der Waals surface area contributed by atoms with Crippen LogP contribution in [0.25, 0.3) is 0 Å². The third-order valence-corrected chi connectivity index (χ3v) is 15.5. The normalized spacial score (nSPS) is 14.7. The quantitative estimate of drug-likeness (QED) is 0.317. The second-order valence-electron chi connectivity index (χ2n) is 5.42. The number of hydrogen-bond acceptors (Lipinski definition) is 0.